The van der Waals surface area contributed by atoms with Crippen molar-refractivity contribution in [2.24, 2.45) is 0 Å². The SMILES string of the molecule is CCC(=O)c1ccc(NC(C)c2ccncc2)cc1. The summed E-state index contributed by atoms with van der Waals surface area (Å²) in [6.45, 7) is 3.97. The number of nitrogens with zero attached hydrogens (tertiary/aromatic N) is 1. The van der Waals surface area contributed by atoms with Crippen LogP contribution in [0.1, 0.15) is 42.2 Å². The van der Waals surface area contributed by atoms with Crippen LogP contribution in [0, 0.1) is 0 Å². The molecule has 19 heavy (non-hydrogen) atoms. The molecule has 98 valence electrons. The molecule has 1 atom stereocenters. The average molecular weight is 254 g/mol. The first-order valence-electron chi connectivity index (χ1n) is 6.50. The van der Waals surface area contributed by atoms with Crippen molar-refractivity contribution in [3.8, 4) is 0 Å². The fourth-order valence-corrected chi connectivity index (χ4v) is 1.94. The highest BCUT2D eigenvalue weighted by atomic mass is 16.1. The van der Waals surface area contributed by atoms with E-state index >= 15 is 0 Å². The van der Waals surface area contributed by atoms with Crippen LogP contribution >= 0.6 is 0 Å². The van der Waals surface area contributed by atoms with E-state index in [2.05, 4.69) is 17.2 Å². The van der Waals surface area contributed by atoms with Crippen molar-refractivity contribution in [1.29, 1.82) is 0 Å². The van der Waals surface area contributed by atoms with Crippen LogP contribution in [0.3, 0.4) is 0 Å². The Labute approximate surface area is 113 Å². The molecule has 0 fully saturated rings. The van der Waals surface area contributed by atoms with Gasteiger partial charge in [0.15, 0.2) is 5.78 Å². The predicted octanol–water partition coefficient (Wildman–Crippen LogP) is 3.85. The molecular weight excluding hydrogens is 236 g/mol. The average Bonchev–Trinajstić information content (AvgIpc) is 2.48. The third kappa shape index (κ3) is 3.41. The van der Waals surface area contributed by atoms with Gasteiger partial charge in [-0.25, -0.2) is 0 Å². The van der Waals surface area contributed by atoms with Gasteiger partial charge in [-0.15, -0.1) is 0 Å². The van der Waals surface area contributed by atoms with Crippen molar-refractivity contribution in [3.05, 3.63) is 59.9 Å². The highest BCUT2D eigenvalue weighted by molar-refractivity contribution is 5.96. The number of hydrogen-bond donors (Lipinski definition) is 1. The molecule has 3 heteroatoms. The molecule has 0 bridgehead atoms. The van der Waals surface area contributed by atoms with Gasteiger partial charge in [0.25, 0.3) is 0 Å². The van der Waals surface area contributed by atoms with Crippen LogP contribution in [-0.4, -0.2) is 10.8 Å². The van der Waals surface area contributed by atoms with Crippen molar-refractivity contribution in [2.75, 3.05) is 5.32 Å². The summed E-state index contributed by atoms with van der Waals surface area (Å²) in [5, 5.41) is 3.40. The lowest BCUT2D eigenvalue weighted by Crippen LogP contribution is -2.06. The van der Waals surface area contributed by atoms with Crippen molar-refractivity contribution in [2.45, 2.75) is 26.3 Å². The number of benzene rings is 1. The van der Waals surface area contributed by atoms with Gasteiger partial charge in [-0.3, -0.25) is 9.78 Å². The first kappa shape index (κ1) is 13.3. The molecule has 1 heterocycles. The van der Waals surface area contributed by atoms with Crippen LogP contribution in [0.25, 0.3) is 0 Å². The van der Waals surface area contributed by atoms with E-state index in [1.165, 1.54) is 5.56 Å². The summed E-state index contributed by atoms with van der Waals surface area (Å²) in [5.74, 6) is 0.175. The third-order valence-corrected chi connectivity index (χ3v) is 3.12. The number of carbonyl (C=O) groups is 1. The minimum atomic E-state index is 0.175. The molecule has 1 aromatic carbocycles. The van der Waals surface area contributed by atoms with E-state index in [0.29, 0.717) is 6.42 Å². The molecule has 0 amide bonds. The summed E-state index contributed by atoms with van der Waals surface area (Å²) in [4.78, 5) is 15.6. The maximum atomic E-state index is 11.5. The van der Waals surface area contributed by atoms with E-state index in [1.54, 1.807) is 12.4 Å². The number of ketones is 1. The van der Waals surface area contributed by atoms with Gasteiger partial charge in [-0.05, 0) is 48.9 Å². The Morgan fingerprint density at radius 3 is 2.37 bits per heavy atom. The van der Waals surface area contributed by atoms with E-state index in [-0.39, 0.29) is 11.8 Å². The minimum absolute atomic E-state index is 0.175. The third-order valence-electron chi connectivity index (χ3n) is 3.12. The number of anilines is 1. The zero-order valence-corrected chi connectivity index (χ0v) is 11.3. The summed E-state index contributed by atoms with van der Waals surface area (Å²) in [7, 11) is 0. The number of pyridine rings is 1. The van der Waals surface area contributed by atoms with Gasteiger partial charge in [0.2, 0.25) is 0 Å². The Morgan fingerprint density at radius 1 is 1.16 bits per heavy atom. The van der Waals surface area contributed by atoms with Gasteiger partial charge >= 0.3 is 0 Å². The first-order chi connectivity index (χ1) is 9.20. The molecular formula is C16H18N2O. The zero-order valence-electron chi connectivity index (χ0n) is 11.3. The van der Waals surface area contributed by atoms with Gasteiger partial charge in [0.05, 0.1) is 0 Å². The van der Waals surface area contributed by atoms with Crippen molar-refractivity contribution in [3.63, 3.8) is 0 Å². The molecule has 0 aliphatic rings. The fraction of sp³-hybridized carbons (Fsp3) is 0.250. The maximum Gasteiger partial charge on any atom is 0.162 e. The Balaban J connectivity index is 2.06. The molecule has 0 aliphatic carbocycles. The van der Waals surface area contributed by atoms with E-state index in [9.17, 15) is 4.79 Å². The van der Waals surface area contributed by atoms with E-state index in [0.717, 1.165) is 11.3 Å². The normalized spacial score (nSPS) is 11.9. The van der Waals surface area contributed by atoms with E-state index in [1.807, 2.05) is 43.3 Å². The molecule has 2 rings (SSSR count). The molecule has 0 aliphatic heterocycles. The largest absolute Gasteiger partial charge is 0.379 e. The van der Waals surface area contributed by atoms with Crippen LogP contribution < -0.4 is 5.32 Å². The number of aromatic nitrogens is 1. The van der Waals surface area contributed by atoms with Gasteiger partial charge in [-0.2, -0.15) is 0 Å². The molecule has 1 aromatic heterocycles. The van der Waals surface area contributed by atoms with Crippen molar-refractivity contribution in [1.82, 2.24) is 4.98 Å². The Bertz CT molecular complexity index is 534. The van der Waals surface area contributed by atoms with Crippen LogP contribution in [0.15, 0.2) is 48.8 Å². The second-order valence-electron chi connectivity index (χ2n) is 4.50. The van der Waals surface area contributed by atoms with E-state index in [4.69, 9.17) is 0 Å². The predicted molar refractivity (Wildman–Crippen MR) is 77.3 cm³/mol. The first-order valence-corrected chi connectivity index (χ1v) is 6.50. The number of nitrogens with one attached hydrogen (secondary N) is 1. The monoisotopic (exact) mass is 254 g/mol. The molecule has 2 aromatic rings. The summed E-state index contributed by atoms with van der Waals surface area (Å²) in [5.41, 5.74) is 2.96. The van der Waals surface area contributed by atoms with Crippen molar-refractivity contribution < 1.29 is 4.79 Å². The van der Waals surface area contributed by atoms with Gasteiger partial charge in [-0.1, -0.05) is 6.92 Å². The standard InChI is InChI=1S/C16H18N2O/c1-3-16(19)14-4-6-15(7-5-14)18-12(2)13-8-10-17-11-9-13/h4-12,18H,3H2,1-2H3. The smallest absolute Gasteiger partial charge is 0.162 e. The van der Waals surface area contributed by atoms with Crippen LogP contribution in [0.4, 0.5) is 5.69 Å². The lowest BCUT2D eigenvalue weighted by molar-refractivity contribution is 0.0988. The molecule has 0 spiro atoms. The molecule has 3 nitrogen and oxygen atoms in total. The lowest BCUT2D eigenvalue weighted by Gasteiger charge is -2.15. The number of carbonyl (C=O) groups excluding carboxylic acids is 1. The summed E-state index contributed by atoms with van der Waals surface area (Å²) in [6.07, 6.45) is 4.12. The fourth-order valence-electron chi connectivity index (χ4n) is 1.94. The Hall–Kier alpha value is -2.16. The minimum Gasteiger partial charge on any atom is -0.379 e. The Morgan fingerprint density at radius 2 is 1.79 bits per heavy atom. The van der Waals surface area contributed by atoms with Crippen LogP contribution in [0.5, 0.6) is 0 Å². The molecule has 0 saturated heterocycles. The van der Waals surface area contributed by atoms with Crippen LogP contribution in [0.2, 0.25) is 0 Å². The summed E-state index contributed by atoms with van der Waals surface area (Å²) >= 11 is 0. The summed E-state index contributed by atoms with van der Waals surface area (Å²) in [6, 6.07) is 11.8. The summed E-state index contributed by atoms with van der Waals surface area (Å²) < 4.78 is 0. The highest BCUT2D eigenvalue weighted by Crippen LogP contribution is 2.19. The molecule has 0 radical (unpaired) electrons. The highest BCUT2D eigenvalue weighted by Gasteiger charge is 2.06. The van der Waals surface area contributed by atoms with Crippen molar-refractivity contribution >= 4 is 11.5 Å². The maximum absolute atomic E-state index is 11.5. The second-order valence-corrected chi connectivity index (χ2v) is 4.50. The number of hydrogen-bond acceptors (Lipinski definition) is 3. The number of Topliss-reactive ketones (excluding diaryl/α,β-unsaturated/α-hetero) is 1. The van der Waals surface area contributed by atoms with Gasteiger partial charge < -0.3 is 5.32 Å². The zero-order chi connectivity index (χ0) is 13.7. The number of rotatable bonds is 5. The molecule has 1 N–H and O–H groups in total. The topological polar surface area (TPSA) is 42.0 Å². The molecule has 0 saturated carbocycles. The molecule has 1 unspecified atom stereocenters. The van der Waals surface area contributed by atoms with Crippen LogP contribution in [-0.2, 0) is 0 Å². The van der Waals surface area contributed by atoms with Gasteiger partial charge in [0, 0.05) is 36.1 Å². The van der Waals surface area contributed by atoms with E-state index < -0.39 is 0 Å². The van der Waals surface area contributed by atoms with Gasteiger partial charge in [0.1, 0.15) is 0 Å². The quantitative estimate of drug-likeness (QED) is 0.824. The lowest BCUT2D eigenvalue weighted by atomic mass is 10.1. The second kappa shape index (κ2) is 6.14. The Kier molecular flexibility index (Phi) is 4.29.